The van der Waals surface area contributed by atoms with E-state index in [0.717, 1.165) is 31.5 Å². The van der Waals surface area contributed by atoms with Crippen LogP contribution in [-0.2, 0) is 16.0 Å². The minimum Gasteiger partial charge on any atom is -0.355 e. The fourth-order valence-corrected chi connectivity index (χ4v) is 2.36. The third-order valence-corrected chi connectivity index (χ3v) is 3.49. The molecule has 1 saturated heterocycles. The van der Waals surface area contributed by atoms with Gasteiger partial charge < -0.3 is 15.2 Å². The van der Waals surface area contributed by atoms with Gasteiger partial charge in [0.2, 0.25) is 11.8 Å². The summed E-state index contributed by atoms with van der Waals surface area (Å²) < 4.78 is 0. The predicted octanol–water partition coefficient (Wildman–Crippen LogP) is 0.327. The standard InChI is InChI=1S/C13H20N4O2/c1-10(18)17-6-2-3-11(8-17)13(19)15-5-4-12-7-14-9-16-12/h7,9,11H,2-6,8H2,1H3,(H,14,16)(H,15,19). The highest BCUT2D eigenvalue weighted by Gasteiger charge is 2.26. The van der Waals surface area contributed by atoms with Crippen LogP contribution in [0.1, 0.15) is 25.5 Å². The minimum absolute atomic E-state index is 0.0467. The zero-order chi connectivity index (χ0) is 13.7. The van der Waals surface area contributed by atoms with E-state index in [1.807, 2.05) is 0 Å². The molecule has 0 spiro atoms. The zero-order valence-corrected chi connectivity index (χ0v) is 11.2. The van der Waals surface area contributed by atoms with Crippen LogP contribution in [0.3, 0.4) is 0 Å². The second kappa shape index (κ2) is 6.36. The van der Waals surface area contributed by atoms with Crippen LogP contribution >= 0.6 is 0 Å². The molecule has 6 heteroatoms. The molecule has 0 radical (unpaired) electrons. The lowest BCUT2D eigenvalue weighted by Gasteiger charge is -2.31. The van der Waals surface area contributed by atoms with E-state index in [9.17, 15) is 9.59 Å². The number of imidazole rings is 1. The lowest BCUT2D eigenvalue weighted by atomic mass is 9.97. The van der Waals surface area contributed by atoms with Crippen molar-refractivity contribution in [3.05, 3.63) is 18.2 Å². The van der Waals surface area contributed by atoms with E-state index < -0.39 is 0 Å². The summed E-state index contributed by atoms with van der Waals surface area (Å²) in [6, 6.07) is 0. The number of rotatable bonds is 4. The lowest BCUT2D eigenvalue weighted by molar-refractivity contribution is -0.133. The number of amides is 2. The number of aromatic nitrogens is 2. The summed E-state index contributed by atoms with van der Waals surface area (Å²) in [6.45, 7) is 3.47. The quantitative estimate of drug-likeness (QED) is 0.822. The molecule has 1 aromatic rings. The minimum atomic E-state index is -0.0700. The molecule has 1 aliphatic heterocycles. The smallest absolute Gasteiger partial charge is 0.224 e. The van der Waals surface area contributed by atoms with E-state index in [-0.39, 0.29) is 17.7 Å². The number of hydrogen-bond donors (Lipinski definition) is 2. The van der Waals surface area contributed by atoms with Crippen LogP contribution in [-0.4, -0.2) is 46.3 Å². The molecule has 0 bridgehead atoms. The number of piperidine rings is 1. The summed E-state index contributed by atoms with van der Waals surface area (Å²) in [4.78, 5) is 32.0. The zero-order valence-electron chi connectivity index (χ0n) is 11.2. The van der Waals surface area contributed by atoms with Crippen molar-refractivity contribution in [2.24, 2.45) is 5.92 Å². The predicted molar refractivity (Wildman–Crippen MR) is 70.3 cm³/mol. The van der Waals surface area contributed by atoms with Crippen LogP contribution in [0.25, 0.3) is 0 Å². The molecule has 1 aromatic heterocycles. The first-order valence-corrected chi connectivity index (χ1v) is 6.67. The van der Waals surface area contributed by atoms with Gasteiger partial charge in [-0.1, -0.05) is 0 Å². The van der Waals surface area contributed by atoms with Gasteiger partial charge in [-0.15, -0.1) is 0 Å². The molecule has 2 amide bonds. The molecule has 2 heterocycles. The number of carbonyl (C=O) groups excluding carboxylic acids is 2. The molecule has 1 unspecified atom stereocenters. The number of carbonyl (C=O) groups is 2. The Kier molecular flexibility index (Phi) is 4.54. The van der Waals surface area contributed by atoms with Crippen molar-refractivity contribution < 1.29 is 9.59 Å². The van der Waals surface area contributed by atoms with E-state index in [4.69, 9.17) is 0 Å². The maximum atomic E-state index is 12.0. The molecule has 19 heavy (non-hydrogen) atoms. The van der Waals surface area contributed by atoms with Crippen molar-refractivity contribution in [2.45, 2.75) is 26.2 Å². The van der Waals surface area contributed by atoms with Crippen LogP contribution in [0.4, 0.5) is 0 Å². The van der Waals surface area contributed by atoms with Gasteiger partial charge in [0.05, 0.1) is 12.2 Å². The van der Waals surface area contributed by atoms with Crippen molar-refractivity contribution >= 4 is 11.8 Å². The Morgan fingerprint density at radius 3 is 3.11 bits per heavy atom. The van der Waals surface area contributed by atoms with Crippen molar-refractivity contribution in [3.63, 3.8) is 0 Å². The van der Waals surface area contributed by atoms with Crippen LogP contribution < -0.4 is 5.32 Å². The molecule has 1 atom stereocenters. The van der Waals surface area contributed by atoms with Gasteiger partial charge >= 0.3 is 0 Å². The SMILES string of the molecule is CC(=O)N1CCCC(C(=O)NCCc2cnc[nH]2)C1. The molecule has 2 rings (SSSR count). The van der Waals surface area contributed by atoms with Crippen molar-refractivity contribution in [1.29, 1.82) is 0 Å². The van der Waals surface area contributed by atoms with Gasteiger partial charge in [0.1, 0.15) is 0 Å². The Labute approximate surface area is 112 Å². The molecule has 0 aromatic carbocycles. The van der Waals surface area contributed by atoms with E-state index >= 15 is 0 Å². The van der Waals surface area contributed by atoms with Crippen molar-refractivity contribution in [2.75, 3.05) is 19.6 Å². The van der Waals surface area contributed by atoms with Gasteiger partial charge in [-0.25, -0.2) is 4.98 Å². The van der Waals surface area contributed by atoms with Gasteiger partial charge in [0.15, 0.2) is 0 Å². The third kappa shape index (κ3) is 3.81. The Bertz CT molecular complexity index is 430. The Hall–Kier alpha value is -1.85. The van der Waals surface area contributed by atoms with Gasteiger partial charge in [0.25, 0.3) is 0 Å². The van der Waals surface area contributed by atoms with Crippen LogP contribution in [0.15, 0.2) is 12.5 Å². The number of hydrogen-bond acceptors (Lipinski definition) is 3. The van der Waals surface area contributed by atoms with E-state index in [1.165, 1.54) is 0 Å². The molecule has 1 aliphatic rings. The van der Waals surface area contributed by atoms with Crippen LogP contribution in [0.5, 0.6) is 0 Å². The first-order valence-electron chi connectivity index (χ1n) is 6.67. The second-order valence-corrected chi connectivity index (χ2v) is 4.92. The third-order valence-electron chi connectivity index (χ3n) is 3.49. The summed E-state index contributed by atoms with van der Waals surface area (Å²) in [7, 11) is 0. The maximum absolute atomic E-state index is 12.0. The van der Waals surface area contributed by atoms with Crippen molar-refractivity contribution in [1.82, 2.24) is 20.2 Å². The second-order valence-electron chi connectivity index (χ2n) is 4.92. The number of H-pyrrole nitrogens is 1. The monoisotopic (exact) mass is 264 g/mol. The van der Waals surface area contributed by atoms with E-state index in [2.05, 4.69) is 15.3 Å². The fourth-order valence-electron chi connectivity index (χ4n) is 2.36. The first-order chi connectivity index (χ1) is 9.16. The summed E-state index contributed by atoms with van der Waals surface area (Å²) >= 11 is 0. The number of nitrogens with zero attached hydrogens (tertiary/aromatic N) is 2. The fraction of sp³-hybridized carbons (Fsp3) is 0.615. The molecular formula is C13H20N4O2. The Morgan fingerprint density at radius 2 is 2.42 bits per heavy atom. The van der Waals surface area contributed by atoms with Crippen molar-refractivity contribution in [3.8, 4) is 0 Å². The molecule has 2 N–H and O–H groups in total. The van der Waals surface area contributed by atoms with Gasteiger partial charge in [-0.05, 0) is 12.8 Å². The summed E-state index contributed by atoms with van der Waals surface area (Å²) in [5.41, 5.74) is 1.01. The largest absolute Gasteiger partial charge is 0.355 e. The van der Waals surface area contributed by atoms with Crippen LogP contribution in [0, 0.1) is 5.92 Å². The van der Waals surface area contributed by atoms with E-state index in [0.29, 0.717) is 13.1 Å². The number of aromatic amines is 1. The highest BCUT2D eigenvalue weighted by atomic mass is 16.2. The number of likely N-dealkylation sites (tertiary alicyclic amines) is 1. The summed E-state index contributed by atoms with van der Waals surface area (Å²) in [6.07, 6.45) is 5.89. The topological polar surface area (TPSA) is 78.1 Å². The van der Waals surface area contributed by atoms with E-state index in [1.54, 1.807) is 24.3 Å². The first kappa shape index (κ1) is 13.6. The van der Waals surface area contributed by atoms with Gasteiger partial charge in [0, 0.05) is 44.9 Å². The average Bonchev–Trinajstić information content (AvgIpc) is 2.92. The molecule has 0 aliphatic carbocycles. The summed E-state index contributed by atoms with van der Waals surface area (Å²) in [5, 5.41) is 2.93. The maximum Gasteiger partial charge on any atom is 0.224 e. The average molecular weight is 264 g/mol. The Balaban J connectivity index is 1.74. The molecule has 6 nitrogen and oxygen atoms in total. The molecule has 0 saturated carbocycles. The molecule has 104 valence electrons. The van der Waals surface area contributed by atoms with Crippen LogP contribution in [0.2, 0.25) is 0 Å². The highest BCUT2D eigenvalue weighted by molar-refractivity contribution is 5.80. The molecule has 1 fully saturated rings. The lowest BCUT2D eigenvalue weighted by Crippen LogP contribution is -2.45. The summed E-state index contributed by atoms with van der Waals surface area (Å²) in [5.74, 6) is 0.0276. The Morgan fingerprint density at radius 1 is 1.58 bits per heavy atom. The highest BCUT2D eigenvalue weighted by Crippen LogP contribution is 2.16. The molecular weight excluding hydrogens is 244 g/mol. The van der Waals surface area contributed by atoms with Gasteiger partial charge in [-0.2, -0.15) is 0 Å². The van der Waals surface area contributed by atoms with Gasteiger partial charge in [-0.3, -0.25) is 9.59 Å². The number of nitrogens with one attached hydrogen (secondary N) is 2. The normalized spacial score (nSPS) is 19.2.